The molecule has 0 bridgehead atoms. The Morgan fingerprint density at radius 2 is 2.08 bits per heavy atom. The van der Waals surface area contributed by atoms with Gasteiger partial charge in [0.05, 0.1) is 5.71 Å². The first-order valence-electron chi connectivity index (χ1n) is 8.57. The summed E-state index contributed by atoms with van der Waals surface area (Å²) in [5.74, 6) is -0.416. The van der Waals surface area contributed by atoms with E-state index in [9.17, 15) is 4.79 Å². The Morgan fingerprint density at radius 1 is 1.32 bits per heavy atom. The summed E-state index contributed by atoms with van der Waals surface area (Å²) in [5.41, 5.74) is 11.6. The van der Waals surface area contributed by atoms with Crippen molar-refractivity contribution >= 4 is 11.6 Å². The van der Waals surface area contributed by atoms with Gasteiger partial charge in [0.2, 0.25) is 5.91 Å². The third-order valence-corrected chi connectivity index (χ3v) is 4.99. The molecule has 4 heteroatoms. The normalized spacial score (nSPS) is 22.8. The van der Waals surface area contributed by atoms with Crippen LogP contribution in [0.3, 0.4) is 0 Å². The number of rotatable bonds is 3. The number of amides is 1. The first-order chi connectivity index (χ1) is 11.8. The third-order valence-electron chi connectivity index (χ3n) is 4.99. The number of nitrogens with zero attached hydrogens (tertiary/aromatic N) is 1. The lowest BCUT2D eigenvalue weighted by Gasteiger charge is -2.27. The predicted octanol–water partition coefficient (Wildman–Crippen LogP) is 4.20. The number of hydrogen-bond acceptors (Lipinski definition) is 3. The average molecular weight is 336 g/mol. The molecule has 1 aromatic rings. The van der Waals surface area contributed by atoms with Gasteiger partial charge in [0.1, 0.15) is 0 Å². The molecule has 2 N–H and O–H groups in total. The van der Waals surface area contributed by atoms with Gasteiger partial charge in [0.25, 0.3) is 0 Å². The van der Waals surface area contributed by atoms with Crippen LogP contribution in [0.25, 0.3) is 0 Å². The topological polar surface area (TPSA) is 64.7 Å². The standard InChI is InChI=1S/C21H24N2O2/c1-5-16-9-13(2)8-15(4)21(11-16)12-19(23-25-21)17-6-7-18(20(22)24)14(3)10-17/h6-10H,4-5,11-12H2,1-3H3,(H2,22,24). The van der Waals surface area contributed by atoms with Crippen molar-refractivity contribution in [3.05, 3.63) is 70.3 Å². The van der Waals surface area contributed by atoms with E-state index in [0.717, 1.165) is 35.3 Å². The molecule has 2 aliphatic rings. The molecule has 25 heavy (non-hydrogen) atoms. The zero-order valence-electron chi connectivity index (χ0n) is 15.1. The lowest BCUT2D eigenvalue weighted by atomic mass is 9.82. The quantitative estimate of drug-likeness (QED) is 0.899. The maximum atomic E-state index is 11.4. The number of oxime groups is 1. The summed E-state index contributed by atoms with van der Waals surface area (Å²) < 4.78 is 0. The van der Waals surface area contributed by atoms with E-state index >= 15 is 0 Å². The number of benzene rings is 1. The molecule has 0 saturated carbocycles. The van der Waals surface area contributed by atoms with Gasteiger partial charge in [-0.05, 0) is 49.1 Å². The highest BCUT2D eigenvalue weighted by atomic mass is 16.7. The molecule has 1 spiro atoms. The Bertz CT molecular complexity index is 845. The van der Waals surface area contributed by atoms with Crippen molar-refractivity contribution in [2.24, 2.45) is 10.9 Å². The number of carbonyl (C=O) groups is 1. The molecule has 4 nitrogen and oxygen atoms in total. The molecule has 1 atom stereocenters. The van der Waals surface area contributed by atoms with E-state index in [1.807, 2.05) is 19.1 Å². The smallest absolute Gasteiger partial charge is 0.248 e. The van der Waals surface area contributed by atoms with Crippen LogP contribution in [0.15, 0.2) is 58.8 Å². The van der Waals surface area contributed by atoms with Crippen LogP contribution < -0.4 is 5.73 Å². The maximum absolute atomic E-state index is 11.4. The minimum absolute atomic E-state index is 0.416. The van der Waals surface area contributed by atoms with Gasteiger partial charge in [-0.2, -0.15) is 0 Å². The lowest BCUT2D eigenvalue weighted by Crippen LogP contribution is -2.31. The summed E-state index contributed by atoms with van der Waals surface area (Å²) in [7, 11) is 0. The molecule has 1 aliphatic heterocycles. The lowest BCUT2D eigenvalue weighted by molar-refractivity contribution is 0.0147. The number of hydrogen-bond donors (Lipinski definition) is 1. The Labute approximate surface area is 148 Å². The van der Waals surface area contributed by atoms with Crippen molar-refractivity contribution in [1.29, 1.82) is 0 Å². The number of aryl methyl sites for hydroxylation is 1. The van der Waals surface area contributed by atoms with E-state index in [0.29, 0.717) is 12.0 Å². The molecule has 0 radical (unpaired) electrons. The molecule has 1 amide bonds. The van der Waals surface area contributed by atoms with Crippen LogP contribution in [-0.4, -0.2) is 17.2 Å². The van der Waals surface area contributed by atoms with E-state index in [4.69, 9.17) is 10.6 Å². The molecule has 0 saturated heterocycles. The van der Waals surface area contributed by atoms with E-state index in [1.54, 1.807) is 6.07 Å². The van der Waals surface area contributed by atoms with Gasteiger partial charge in [-0.25, -0.2) is 0 Å². The summed E-state index contributed by atoms with van der Waals surface area (Å²) in [5, 5.41) is 4.37. The highest BCUT2D eigenvalue weighted by molar-refractivity contribution is 6.03. The molecule has 1 heterocycles. The molecular weight excluding hydrogens is 312 g/mol. The Balaban J connectivity index is 1.90. The fraction of sp³-hybridized carbons (Fsp3) is 0.333. The van der Waals surface area contributed by atoms with Crippen molar-refractivity contribution in [2.75, 3.05) is 0 Å². The van der Waals surface area contributed by atoms with Crippen molar-refractivity contribution in [2.45, 2.75) is 45.6 Å². The van der Waals surface area contributed by atoms with Gasteiger partial charge in [-0.15, -0.1) is 0 Å². The molecule has 1 unspecified atom stereocenters. The van der Waals surface area contributed by atoms with Gasteiger partial charge in [-0.3, -0.25) is 4.79 Å². The van der Waals surface area contributed by atoms with E-state index in [2.05, 4.69) is 37.7 Å². The zero-order valence-corrected chi connectivity index (χ0v) is 15.1. The Kier molecular flexibility index (Phi) is 4.38. The Morgan fingerprint density at radius 3 is 2.72 bits per heavy atom. The van der Waals surface area contributed by atoms with E-state index in [1.165, 1.54) is 11.1 Å². The number of nitrogens with two attached hydrogens (primary N) is 1. The highest BCUT2D eigenvalue weighted by Crippen LogP contribution is 2.41. The monoisotopic (exact) mass is 336 g/mol. The SMILES string of the molecule is C=C1C=C(C)C=C(CC)CC12CC(c1ccc(C(N)=O)c(C)c1)=NO2. The number of allylic oxidation sites excluding steroid dienone is 2. The molecular formula is C21H24N2O2. The van der Waals surface area contributed by atoms with Crippen molar-refractivity contribution in [3.8, 4) is 0 Å². The van der Waals surface area contributed by atoms with Crippen LogP contribution in [0, 0.1) is 6.92 Å². The second-order valence-electron chi connectivity index (χ2n) is 6.94. The fourth-order valence-electron chi connectivity index (χ4n) is 3.55. The third kappa shape index (κ3) is 3.16. The first kappa shape index (κ1) is 17.2. The van der Waals surface area contributed by atoms with Gasteiger partial charge in [0, 0.05) is 18.4 Å². The minimum Gasteiger partial charge on any atom is -0.383 e. The summed E-state index contributed by atoms with van der Waals surface area (Å²) in [6.45, 7) is 10.4. The zero-order chi connectivity index (χ0) is 18.2. The van der Waals surface area contributed by atoms with Crippen molar-refractivity contribution in [1.82, 2.24) is 0 Å². The second-order valence-corrected chi connectivity index (χ2v) is 6.94. The van der Waals surface area contributed by atoms with Crippen molar-refractivity contribution < 1.29 is 9.63 Å². The Hall–Kier alpha value is -2.62. The van der Waals surface area contributed by atoms with Crippen LogP contribution in [0.1, 0.15) is 54.6 Å². The van der Waals surface area contributed by atoms with Gasteiger partial charge in [-0.1, -0.05) is 48.0 Å². The van der Waals surface area contributed by atoms with Crippen LogP contribution in [-0.2, 0) is 4.84 Å². The predicted molar refractivity (Wildman–Crippen MR) is 101 cm³/mol. The molecule has 0 aromatic heterocycles. The van der Waals surface area contributed by atoms with Gasteiger partial charge < -0.3 is 10.6 Å². The van der Waals surface area contributed by atoms with Crippen molar-refractivity contribution in [3.63, 3.8) is 0 Å². The van der Waals surface area contributed by atoms with Crippen LogP contribution in [0.5, 0.6) is 0 Å². The molecule has 1 aliphatic carbocycles. The molecule has 130 valence electrons. The summed E-state index contributed by atoms with van der Waals surface area (Å²) in [6.07, 6.45) is 6.74. The van der Waals surface area contributed by atoms with Crippen LogP contribution in [0.2, 0.25) is 0 Å². The van der Waals surface area contributed by atoms with Crippen LogP contribution >= 0.6 is 0 Å². The fourth-order valence-corrected chi connectivity index (χ4v) is 3.55. The minimum atomic E-state index is -0.509. The largest absolute Gasteiger partial charge is 0.383 e. The maximum Gasteiger partial charge on any atom is 0.248 e. The van der Waals surface area contributed by atoms with E-state index in [-0.39, 0.29) is 0 Å². The molecule has 1 aromatic carbocycles. The summed E-state index contributed by atoms with van der Waals surface area (Å²) in [6, 6.07) is 5.58. The van der Waals surface area contributed by atoms with Gasteiger partial charge in [0.15, 0.2) is 5.60 Å². The first-order valence-corrected chi connectivity index (χ1v) is 8.57. The summed E-state index contributed by atoms with van der Waals surface area (Å²) in [4.78, 5) is 17.4. The van der Waals surface area contributed by atoms with Crippen LogP contribution in [0.4, 0.5) is 0 Å². The molecule has 3 rings (SSSR count). The number of carbonyl (C=O) groups excluding carboxylic acids is 1. The van der Waals surface area contributed by atoms with E-state index < -0.39 is 11.5 Å². The number of primary amides is 1. The van der Waals surface area contributed by atoms with Gasteiger partial charge >= 0.3 is 0 Å². The summed E-state index contributed by atoms with van der Waals surface area (Å²) >= 11 is 0. The average Bonchev–Trinajstić information content (AvgIpc) is 2.94. The highest BCUT2D eigenvalue weighted by Gasteiger charge is 2.42. The second kappa shape index (κ2) is 6.36. The molecule has 0 fully saturated rings.